The summed E-state index contributed by atoms with van der Waals surface area (Å²) in [4.78, 5) is 41.9. The Labute approximate surface area is 202 Å². The van der Waals surface area contributed by atoms with Crippen LogP contribution in [-0.4, -0.2) is 75.5 Å². The van der Waals surface area contributed by atoms with E-state index in [1.54, 1.807) is 28.1 Å². The zero-order valence-corrected chi connectivity index (χ0v) is 19.5. The highest BCUT2D eigenvalue weighted by molar-refractivity contribution is 6.29. The number of carbonyl (C=O) groups excluding carboxylic acids is 2. The van der Waals surface area contributed by atoms with Crippen LogP contribution in [0.15, 0.2) is 42.9 Å². The van der Waals surface area contributed by atoms with Crippen LogP contribution >= 0.6 is 11.6 Å². The van der Waals surface area contributed by atoms with Crippen LogP contribution in [-0.2, 0) is 20.9 Å². The van der Waals surface area contributed by atoms with Gasteiger partial charge in [-0.2, -0.15) is 0 Å². The summed E-state index contributed by atoms with van der Waals surface area (Å²) in [5, 5.41) is 4.17. The molecule has 0 bridgehead atoms. The van der Waals surface area contributed by atoms with Crippen LogP contribution < -0.4 is 11.1 Å². The summed E-state index contributed by atoms with van der Waals surface area (Å²) in [6, 6.07) is 8.37. The first-order valence-electron chi connectivity index (χ1n) is 11.0. The van der Waals surface area contributed by atoms with E-state index in [4.69, 9.17) is 22.1 Å². The first kappa shape index (κ1) is 23.7. The Bertz CT molecular complexity index is 1170. The number of nitrogens with one attached hydrogen (secondary N) is 1. The van der Waals surface area contributed by atoms with Gasteiger partial charge in [0.2, 0.25) is 11.8 Å². The molecule has 2 amide bonds. The largest absolute Gasteiger partial charge is 0.383 e. The summed E-state index contributed by atoms with van der Waals surface area (Å²) in [5.74, 6) is 0.0774. The molecule has 34 heavy (non-hydrogen) atoms. The lowest BCUT2D eigenvalue weighted by Crippen LogP contribution is -2.60. The Morgan fingerprint density at radius 2 is 2.09 bits per heavy atom. The minimum atomic E-state index is -0.690. The van der Waals surface area contributed by atoms with E-state index in [0.717, 1.165) is 16.5 Å². The first-order valence-corrected chi connectivity index (χ1v) is 11.3. The molecule has 10 nitrogen and oxygen atoms in total. The maximum Gasteiger partial charge on any atom is 0.248 e. The average Bonchev–Trinajstić information content (AvgIpc) is 2.84. The van der Waals surface area contributed by atoms with Gasteiger partial charge in [0.1, 0.15) is 23.3 Å². The van der Waals surface area contributed by atoms with Crippen molar-refractivity contribution < 1.29 is 14.3 Å². The number of amides is 2. The van der Waals surface area contributed by atoms with Gasteiger partial charge in [0.05, 0.1) is 30.6 Å². The standard InChI is InChI=1S/C23H26ClN7O3/c1-2-34-13-19-23(33)30(12-15-3-5-17-18(9-15)28-14-29-22(17)25)7-8-31(19)21(32)11-26-16-4-6-20(24)27-10-16/h3-6,9-10,14,19,26H,2,7-8,11-13H2,1H3,(H2,25,28,29)/t19-/m0/s1. The summed E-state index contributed by atoms with van der Waals surface area (Å²) < 4.78 is 5.55. The van der Waals surface area contributed by atoms with Crippen molar-refractivity contribution in [3.63, 3.8) is 0 Å². The molecule has 1 aromatic carbocycles. The molecule has 11 heteroatoms. The van der Waals surface area contributed by atoms with Gasteiger partial charge in [-0.3, -0.25) is 9.59 Å². The minimum absolute atomic E-state index is 0.0328. The van der Waals surface area contributed by atoms with E-state index in [2.05, 4.69) is 20.3 Å². The average molecular weight is 484 g/mol. The molecule has 4 rings (SSSR count). The monoisotopic (exact) mass is 483 g/mol. The van der Waals surface area contributed by atoms with E-state index in [-0.39, 0.29) is 25.0 Å². The van der Waals surface area contributed by atoms with Crippen molar-refractivity contribution in [1.82, 2.24) is 24.8 Å². The molecule has 0 aliphatic carbocycles. The van der Waals surface area contributed by atoms with Crippen LogP contribution in [0.2, 0.25) is 5.15 Å². The van der Waals surface area contributed by atoms with E-state index in [1.165, 1.54) is 6.33 Å². The summed E-state index contributed by atoms with van der Waals surface area (Å²) in [6.07, 6.45) is 2.97. The van der Waals surface area contributed by atoms with E-state index in [9.17, 15) is 9.59 Å². The second-order valence-electron chi connectivity index (χ2n) is 7.86. The van der Waals surface area contributed by atoms with Crippen molar-refractivity contribution in [2.45, 2.75) is 19.5 Å². The SMILES string of the molecule is CCOC[C@H]1C(=O)N(Cc2ccc3c(N)ncnc3c2)CCN1C(=O)CNc1ccc(Cl)nc1. The van der Waals surface area contributed by atoms with E-state index >= 15 is 0 Å². The zero-order chi connectivity index (χ0) is 24.1. The molecular weight excluding hydrogens is 458 g/mol. The van der Waals surface area contributed by atoms with Gasteiger partial charge in [-0.1, -0.05) is 17.7 Å². The zero-order valence-electron chi connectivity index (χ0n) is 18.8. The Morgan fingerprint density at radius 3 is 2.85 bits per heavy atom. The summed E-state index contributed by atoms with van der Waals surface area (Å²) in [7, 11) is 0. The third-order valence-corrected chi connectivity index (χ3v) is 5.88. The smallest absolute Gasteiger partial charge is 0.248 e. The number of nitrogens with zero attached hydrogens (tertiary/aromatic N) is 5. The molecule has 0 unspecified atom stereocenters. The number of ether oxygens (including phenoxy) is 1. The van der Waals surface area contributed by atoms with Gasteiger partial charge in [0, 0.05) is 31.6 Å². The summed E-state index contributed by atoms with van der Waals surface area (Å²) in [6.45, 7) is 3.71. The number of fused-ring (bicyclic) bond motifs is 1. The number of pyridine rings is 1. The molecule has 3 N–H and O–H groups in total. The summed E-state index contributed by atoms with van der Waals surface area (Å²) >= 11 is 5.81. The van der Waals surface area contributed by atoms with E-state index < -0.39 is 6.04 Å². The lowest BCUT2D eigenvalue weighted by Gasteiger charge is -2.40. The molecule has 2 aromatic heterocycles. The number of halogens is 1. The number of nitrogen functional groups attached to an aromatic ring is 1. The number of hydrogen-bond acceptors (Lipinski definition) is 8. The Balaban J connectivity index is 1.44. The van der Waals surface area contributed by atoms with Gasteiger partial charge >= 0.3 is 0 Å². The second-order valence-corrected chi connectivity index (χ2v) is 8.24. The molecule has 1 fully saturated rings. The molecule has 1 atom stereocenters. The molecule has 178 valence electrons. The number of rotatable bonds is 8. The number of nitrogens with two attached hydrogens (primary N) is 1. The molecule has 0 spiro atoms. The number of benzene rings is 1. The van der Waals surface area contributed by atoms with Crippen molar-refractivity contribution in [3.8, 4) is 0 Å². The van der Waals surface area contributed by atoms with Crippen molar-refractivity contribution in [3.05, 3.63) is 53.6 Å². The van der Waals surface area contributed by atoms with Crippen LogP contribution in [0.1, 0.15) is 12.5 Å². The van der Waals surface area contributed by atoms with Crippen LogP contribution in [0.4, 0.5) is 11.5 Å². The second kappa shape index (κ2) is 10.6. The highest BCUT2D eigenvalue weighted by Gasteiger charge is 2.37. The number of piperazine rings is 1. The molecule has 1 saturated heterocycles. The van der Waals surface area contributed by atoms with Gasteiger partial charge in [0.25, 0.3) is 0 Å². The van der Waals surface area contributed by atoms with Crippen molar-refractivity contribution in [1.29, 1.82) is 0 Å². The fraction of sp³-hybridized carbons (Fsp3) is 0.348. The number of aromatic nitrogens is 3. The van der Waals surface area contributed by atoms with Crippen molar-refractivity contribution in [2.24, 2.45) is 0 Å². The van der Waals surface area contributed by atoms with Gasteiger partial charge < -0.3 is 25.6 Å². The van der Waals surface area contributed by atoms with Gasteiger partial charge in [-0.25, -0.2) is 15.0 Å². The topological polar surface area (TPSA) is 127 Å². The van der Waals surface area contributed by atoms with Gasteiger partial charge in [-0.05, 0) is 36.8 Å². The van der Waals surface area contributed by atoms with Gasteiger partial charge in [-0.15, -0.1) is 0 Å². The Kier molecular flexibility index (Phi) is 7.39. The summed E-state index contributed by atoms with van der Waals surface area (Å²) in [5.41, 5.74) is 8.22. The van der Waals surface area contributed by atoms with Gasteiger partial charge in [0.15, 0.2) is 0 Å². The molecule has 0 radical (unpaired) electrons. The molecule has 3 heterocycles. The normalized spacial score (nSPS) is 16.2. The number of carbonyl (C=O) groups is 2. The van der Waals surface area contributed by atoms with Crippen molar-refractivity contribution in [2.75, 3.05) is 43.9 Å². The third-order valence-electron chi connectivity index (χ3n) is 5.66. The van der Waals surface area contributed by atoms with Crippen LogP contribution in [0.3, 0.4) is 0 Å². The molecule has 0 saturated carbocycles. The minimum Gasteiger partial charge on any atom is -0.383 e. The number of anilines is 2. The molecule has 3 aromatic rings. The third kappa shape index (κ3) is 5.35. The van der Waals surface area contributed by atoms with Crippen LogP contribution in [0.5, 0.6) is 0 Å². The fourth-order valence-corrected chi connectivity index (χ4v) is 4.00. The van der Waals surface area contributed by atoms with E-state index in [0.29, 0.717) is 42.9 Å². The highest BCUT2D eigenvalue weighted by atomic mass is 35.5. The maximum atomic E-state index is 13.3. The first-order chi connectivity index (χ1) is 16.5. The predicted molar refractivity (Wildman–Crippen MR) is 129 cm³/mol. The quantitative estimate of drug-likeness (QED) is 0.465. The lowest BCUT2D eigenvalue weighted by atomic mass is 10.1. The van der Waals surface area contributed by atoms with E-state index in [1.807, 2.05) is 25.1 Å². The molecule has 1 aliphatic rings. The van der Waals surface area contributed by atoms with Crippen LogP contribution in [0, 0.1) is 0 Å². The Hall–Kier alpha value is -3.50. The molecular formula is C23H26ClN7O3. The molecule has 1 aliphatic heterocycles. The lowest BCUT2D eigenvalue weighted by molar-refractivity contribution is -0.154. The maximum absolute atomic E-state index is 13.3. The number of hydrogen-bond donors (Lipinski definition) is 2. The fourth-order valence-electron chi connectivity index (χ4n) is 3.89. The van der Waals surface area contributed by atoms with Crippen LogP contribution in [0.25, 0.3) is 10.9 Å². The predicted octanol–water partition coefficient (Wildman–Crippen LogP) is 1.95. The highest BCUT2D eigenvalue weighted by Crippen LogP contribution is 2.21. The Morgan fingerprint density at radius 1 is 1.24 bits per heavy atom. The van der Waals surface area contributed by atoms with Crippen molar-refractivity contribution >= 4 is 45.8 Å².